The van der Waals surface area contributed by atoms with Crippen molar-refractivity contribution in [3.05, 3.63) is 0 Å². The normalized spacial score (nSPS) is 16.1. The van der Waals surface area contributed by atoms with Gasteiger partial charge in [-0.05, 0) is 0 Å². The van der Waals surface area contributed by atoms with E-state index >= 15 is 0 Å². The Morgan fingerprint density at radius 3 is 2.50 bits per heavy atom. The molecule has 14 heavy (non-hydrogen) atoms. The zero-order chi connectivity index (χ0) is 10.7. The van der Waals surface area contributed by atoms with E-state index in [1.807, 2.05) is 0 Å². The lowest BCUT2D eigenvalue weighted by atomic mass is 10.2. The maximum absolute atomic E-state index is 11.3. The van der Waals surface area contributed by atoms with Gasteiger partial charge in [0.2, 0.25) is 5.91 Å². The Bertz CT molecular complexity index is 236. The lowest BCUT2D eigenvalue weighted by Gasteiger charge is -2.35. The van der Waals surface area contributed by atoms with Crippen LogP contribution in [0.5, 0.6) is 0 Å². The maximum atomic E-state index is 11.3. The molecule has 6 nitrogen and oxygen atoms in total. The van der Waals surface area contributed by atoms with E-state index in [1.165, 1.54) is 9.80 Å². The Balaban J connectivity index is 2.19. The number of nitrogens with one attached hydrogen (secondary N) is 1. The number of likely N-dealkylation sites (tertiary alicyclic amines) is 1. The first-order valence-corrected chi connectivity index (χ1v) is 4.41. The number of aliphatic hydroxyl groups excluding tert-OH is 1. The Labute approximate surface area is 82.5 Å². The van der Waals surface area contributed by atoms with Gasteiger partial charge in [-0.2, -0.15) is 0 Å². The Morgan fingerprint density at radius 2 is 2.07 bits per heavy atom. The molecule has 6 heteroatoms. The third kappa shape index (κ3) is 2.59. The quantitative estimate of drug-likeness (QED) is 0.568. The molecule has 0 atom stereocenters. The van der Waals surface area contributed by atoms with Crippen LogP contribution in [0.3, 0.4) is 0 Å². The first kappa shape index (κ1) is 10.8. The highest BCUT2D eigenvalue weighted by atomic mass is 16.3. The summed E-state index contributed by atoms with van der Waals surface area (Å²) in [4.78, 5) is 25.2. The van der Waals surface area contributed by atoms with Crippen molar-refractivity contribution in [1.82, 2.24) is 15.1 Å². The molecular formula is C8H15N3O3. The minimum Gasteiger partial charge on any atom is -0.389 e. The lowest BCUT2D eigenvalue weighted by Crippen LogP contribution is -2.56. The molecule has 0 saturated carbocycles. The number of β-amino-alcohol motifs (C(OH)–C–C–N with tert-alkyl or cyclic N) is 1. The van der Waals surface area contributed by atoms with Gasteiger partial charge in [-0.25, -0.2) is 4.79 Å². The van der Waals surface area contributed by atoms with E-state index in [0.717, 1.165) is 0 Å². The second kappa shape index (κ2) is 4.28. The number of carbonyl (C=O) groups is 2. The minimum atomic E-state index is -0.400. The van der Waals surface area contributed by atoms with E-state index in [1.54, 1.807) is 14.1 Å². The van der Waals surface area contributed by atoms with Crippen LogP contribution in [0.1, 0.15) is 0 Å². The van der Waals surface area contributed by atoms with Crippen molar-refractivity contribution < 1.29 is 14.7 Å². The Kier molecular flexibility index (Phi) is 3.29. The molecule has 0 aromatic carbocycles. The molecular weight excluding hydrogens is 186 g/mol. The number of urea groups is 1. The minimum absolute atomic E-state index is 0.0102. The van der Waals surface area contributed by atoms with Crippen molar-refractivity contribution in [3.63, 3.8) is 0 Å². The van der Waals surface area contributed by atoms with Crippen molar-refractivity contribution in [3.8, 4) is 0 Å². The van der Waals surface area contributed by atoms with Crippen LogP contribution in [0.25, 0.3) is 0 Å². The highest BCUT2D eigenvalue weighted by molar-refractivity contribution is 5.84. The number of rotatable bonds is 2. The van der Waals surface area contributed by atoms with Crippen molar-refractivity contribution in [1.29, 1.82) is 0 Å². The van der Waals surface area contributed by atoms with Gasteiger partial charge in [0.25, 0.3) is 0 Å². The fraction of sp³-hybridized carbons (Fsp3) is 0.750. The maximum Gasteiger partial charge on any atom is 0.317 e. The third-order valence-corrected chi connectivity index (χ3v) is 2.01. The summed E-state index contributed by atoms with van der Waals surface area (Å²) < 4.78 is 0. The predicted molar refractivity (Wildman–Crippen MR) is 49.7 cm³/mol. The molecule has 1 aliphatic heterocycles. The van der Waals surface area contributed by atoms with Gasteiger partial charge in [0.15, 0.2) is 0 Å². The van der Waals surface area contributed by atoms with Crippen LogP contribution >= 0.6 is 0 Å². The molecule has 1 aliphatic rings. The second-order valence-electron chi connectivity index (χ2n) is 3.51. The SMILES string of the molecule is CN(C)C(=O)NCC(=O)N1CC(O)C1. The van der Waals surface area contributed by atoms with Crippen LogP contribution in [0, 0.1) is 0 Å². The number of nitrogens with zero attached hydrogens (tertiary/aromatic N) is 2. The standard InChI is InChI=1S/C8H15N3O3/c1-10(2)8(14)9-3-7(13)11-4-6(12)5-11/h6,12H,3-5H2,1-2H3,(H,9,14). The summed E-state index contributed by atoms with van der Waals surface area (Å²) in [7, 11) is 3.21. The smallest absolute Gasteiger partial charge is 0.317 e. The average molecular weight is 201 g/mol. The van der Waals surface area contributed by atoms with Gasteiger partial charge in [0, 0.05) is 27.2 Å². The van der Waals surface area contributed by atoms with E-state index < -0.39 is 6.10 Å². The lowest BCUT2D eigenvalue weighted by molar-refractivity contribution is -0.140. The first-order valence-electron chi connectivity index (χ1n) is 4.41. The zero-order valence-corrected chi connectivity index (χ0v) is 8.36. The van der Waals surface area contributed by atoms with Crippen LogP contribution < -0.4 is 5.32 Å². The molecule has 1 heterocycles. The van der Waals surface area contributed by atoms with Crippen LogP contribution in [0.15, 0.2) is 0 Å². The molecule has 0 unspecified atom stereocenters. The molecule has 3 amide bonds. The summed E-state index contributed by atoms with van der Waals surface area (Å²) in [6.45, 7) is 0.733. The van der Waals surface area contributed by atoms with E-state index in [4.69, 9.17) is 5.11 Å². The summed E-state index contributed by atoms with van der Waals surface area (Å²) in [6.07, 6.45) is -0.400. The fourth-order valence-corrected chi connectivity index (χ4v) is 1.08. The highest BCUT2D eigenvalue weighted by Crippen LogP contribution is 2.06. The summed E-state index contributed by atoms with van der Waals surface area (Å²) in [5.74, 6) is -0.162. The number of hydrogen-bond acceptors (Lipinski definition) is 3. The molecule has 0 bridgehead atoms. The molecule has 1 fully saturated rings. The summed E-state index contributed by atoms with van der Waals surface area (Å²) in [5.41, 5.74) is 0. The number of hydrogen-bond donors (Lipinski definition) is 2. The third-order valence-electron chi connectivity index (χ3n) is 2.01. The first-order chi connectivity index (χ1) is 6.50. The van der Waals surface area contributed by atoms with Gasteiger partial charge < -0.3 is 20.2 Å². The van der Waals surface area contributed by atoms with Crippen molar-refractivity contribution >= 4 is 11.9 Å². The molecule has 0 aromatic heterocycles. The van der Waals surface area contributed by atoms with Crippen LogP contribution in [-0.4, -0.2) is 66.7 Å². The number of carbonyl (C=O) groups excluding carboxylic acids is 2. The topological polar surface area (TPSA) is 72.9 Å². The Morgan fingerprint density at radius 1 is 1.50 bits per heavy atom. The number of aliphatic hydroxyl groups is 1. The predicted octanol–water partition coefficient (Wildman–Crippen LogP) is -1.54. The molecule has 80 valence electrons. The summed E-state index contributed by atoms with van der Waals surface area (Å²) >= 11 is 0. The highest BCUT2D eigenvalue weighted by Gasteiger charge is 2.28. The van der Waals surface area contributed by atoms with Crippen LogP contribution in [0.4, 0.5) is 4.79 Å². The fourth-order valence-electron chi connectivity index (χ4n) is 1.08. The molecule has 2 N–H and O–H groups in total. The van der Waals surface area contributed by atoms with Crippen LogP contribution in [-0.2, 0) is 4.79 Å². The largest absolute Gasteiger partial charge is 0.389 e. The van der Waals surface area contributed by atoms with E-state index in [0.29, 0.717) is 13.1 Å². The van der Waals surface area contributed by atoms with E-state index in [9.17, 15) is 9.59 Å². The molecule has 0 radical (unpaired) electrons. The van der Waals surface area contributed by atoms with E-state index in [-0.39, 0.29) is 18.5 Å². The van der Waals surface area contributed by atoms with Crippen molar-refractivity contribution in [2.45, 2.75) is 6.10 Å². The van der Waals surface area contributed by atoms with Gasteiger partial charge in [-0.15, -0.1) is 0 Å². The van der Waals surface area contributed by atoms with E-state index in [2.05, 4.69) is 5.32 Å². The summed E-state index contributed by atoms with van der Waals surface area (Å²) in [5, 5.41) is 11.4. The monoisotopic (exact) mass is 201 g/mol. The molecule has 0 spiro atoms. The molecule has 0 aromatic rings. The molecule has 0 aliphatic carbocycles. The van der Waals surface area contributed by atoms with Gasteiger partial charge in [-0.1, -0.05) is 0 Å². The summed E-state index contributed by atoms with van der Waals surface area (Å²) in [6, 6.07) is -0.292. The molecule has 1 rings (SSSR count). The van der Waals surface area contributed by atoms with Crippen molar-refractivity contribution in [2.24, 2.45) is 0 Å². The average Bonchev–Trinajstić information content (AvgIpc) is 2.08. The van der Waals surface area contributed by atoms with Crippen molar-refractivity contribution in [2.75, 3.05) is 33.7 Å². The number of amides is 3. The van der Waals surface area contributed by atoms with Gasteiger partial charge >= 0.3 is 6.03 Å². The van der Waals surface area contributed by atoms with Gasteiger partial charge in [0.05, 0.1) is 12.6 Å². The molecule has 1 saturated heterocycles. The van der Waals surface area contributed by atoms with Crippen LogP contribution in [0.2, 0.25) is 0 Å². The second-order valence-corrected chi connectivity index (χ2v) is 3.51. The van der Waals surface area contributed by atoms with Gasteiger partial charge in [-0.3, -0.25) is 4.79 Å². The zero-order valence-electron chi connectivity index (χ0n) is 8.36. The Hall–Kier alpha value is -1.30. The van der Waals surface area contributed by atoms with Gasteiger partial charge in [0.1, 0.15) is 0 Å².